The SMILES string of the molecule is CCCC1=C(C(=O)OCC)[C@H](c2ccc(C(C)C)cc2)n2c(s/c(=C\c3ccc(-c4ccc(C)cc4Br)o3)c2=O)=N1. The molecule has 212 valence electrons. The molecule has 0 bridgehead atoms. The third-order valence-corrected chi connectivity index (χ3v) is 8.74. The van der Waals surface area contributed by atoms with E-state index in [2.05, 4.69) is 41.9 Å². The molecule has 2 aromatic carbocycles. The fourth-order valence-corrected chi connectivity index (χ4v) is 6.71. The van der Waals surface area contributed by atoms with Crippen LogP contribution in [0.25, 0.3) is 17.4 Å². The van der Waals surface area contributed by atoms with Gasteiger partial charge in [0, 0.05) is 16.1 Å². The summed E-state index contributed by atoms with van der Waals surface area (Å²) in [4.78, 5) is 32.8. The third-order valence-electron chi connectivity index (χ3n) is 7.10. The summed E-state index contributed by atoms with van der Waals surface area (Å²) in [6.07, 6.45) is 3.16. The number of halogens is 1. The lowest BCUT2D eigenvalue weighted by Crippen LogP contribution is -2.40. The van der Waals surface area contributed by atoms with E-state index < -0.39 is 12.0 Å². The fraction of sp³-hybridized carbons (Fsp3) is 0.303. The Labute approximate surface area is 251 Å². The normalized spacial score (nSPS) is 15.3. The molecule has 0 unspecified atom stereocenters. The second-order valence-corrected chi connectivity index (χ2v) is 12.3. The van der Waals surface area contributed by atoms with Crippen molar-refractivity contribution >= 4 is 39.3 Å². The summed E-state index contributed by atoms with van der Waals surface area (Å²) >= 11 is 4.92. The first-order valence-electron chi connectivity index (χ1n) is 13.9. The highest BCUT2D eigenvalue weighted by molar-refractivity contribution is 9.10. The largest absolute Gasteiger partial charge is 0.463 e. The Bertz CT molecular complexity index is 1810. The van der Waals surface area contributed by atoms with Gasteiger partial charge in [-0.15, -0.1) is 0 Å². The Balaban J connectivity index is 1.66. The number of allylic oxidation sites excluding steroid dienone is 1. The summed E-state index contributed by atoms with van der Waals surface area (Å²) in [6, 6.07) is 17.3. The number of nitrogens with zero attached hydrogens (tertiary/aromatic N) is 2. The lowest BCUT2D eigenvalue weighted by Gasteiger charge is -2.26. The van der Waals surface area contributed by atoms with Crippen molar-refractivity contribution in [3.8, 4) is 11.3 Å². The van der Waals surface area contributed by atoms with Crippen molar-refractivity contribution in [3.05, 3.63) is 112 Å². The van der Waals surface area contributed by atoms with Gasteiger partial charge < -0.3 is 9.15 Å². The van der Waals surface area contributed by atoms with Gasteiger partial charge in [-0.3, -0.25) is 9.36 Å². The van der Waals surface area contributed by atoms with Gasteiger partial charge in [-0.2, -0.15) is 0 Å². The van der Waals surface area contributed by atoms with Gasteiger partial charge in [0.2, 0.25) is 0 Å². The number of furan rings is 1. The number of aryl methyl sites for hydroxylation is 1. The number of aromatic nitrogens is 1. The maximum atomic E-state index is 14.0. The lowest BCUT2D eigenvalue weighted by atomic mass is 9.92. The minimum absolute atomic E-state index is 0.224. The number of rotatable bonds is 8. The molecular formula is C33H33BrN2O4S. The quantitative estimate of drug-likeness (QED) is 0.195. The zero-order valence-electron chi connectivity index (χ0n) is 23.9. The number of fused-ring (bicyclic) bond motifs is 1. The standard InChI is InChI=1S/C33H33BrN2O4S/c1-6-8-26-29(32(38)39-7-2)30(22-12-10-21(11-13-22)19(3)4)36-31(37)28(41-33(36)35-26)18-23-14-16-27(40-23)24-15-9-20(5)17-25(24)34/h9-19,30H,6-8H2,1-5H3/b28-18-/t30-/m0/s1. The first-order chi connectivity index (χ1) is 19.7. The average Bonchev–Trinajstić information content (AvgIpc) is 3.52. The summed E-state index contributed by atoms with van der Waals surface area (Å²) in [5, 5.41) is 0. The van der Waals surface area contributed by atoms with Gasteiger partial charge >= 0.3 is 5.97 Å². The molecule has 0 saturated heterocycles. The van der Waals surface area contributed by atoms with Crippen molar-refractivity contribution in [3.63, 3.8) is 0 Å². The van der Waals surface area contributed by atoms with Crippen LogP contribution in [0.1, 0.15) is 74.9 Å². The summed E-state index contributed by atoms with van der Waals surface area (Å²) in [5.41, 5.74) is 4.98. The van der Waals surface area contributed by atoms with E-state index in [0.29, 0.717) is 44.5 Å². The van der Waals surface area contributed by atoms with Gasteiger partial charge in [-0.1, -0.05) is 84.8 Å². The number of carbonyl (C=O) groups is 1. The van der Waals surface area contributed by atoms with Crippen LogP contribution >= 0.6 is 27.3 Å². The Hall–Kier alpha value is -3.49. The topological polar surface area (TPSA) is 73.8 Å². The van der Waals surface area contributed by atoms with Crippen molar-refractivity contribution in [2.45, 2.75) is 59.4 Å². The molecule has 0 aliphatic carbocycles. The molecule has 0 saturated carbocycles. The Morgan fingerprint density at radius 1 is 1.15 bits per heavy atom. The highest BCUT2D eigenvalue weighted by Crippen LogP contribution is 2.34. The van der Waals surface area contributed by atoms with Crippen LogP contribution in [-0.4, -0.2) is 17.1 Å². The van der Waals surface area contributed by atoms with Crippen LogP contribution in [0.5, 0.6) is 0 Å². The molecule has 0 N–H and O–H groups in total. The van der Waals surface area contributed by atoms with Gasteiger partial charge in [0.25, 0.3) is 5.56 Å². The molecular weight excluding hydrogens is 600 g/mol. The molecule has 0 spiro atoms. The average molecular weight is 634 g/mol. The highest BCUT2D eigenvalue weighted by atomic mass is 79.9. The van der Waals surface area contributed by atoms with E-state index in [9.17, 15) is 9.59 Å². The number of hydrogen-bond acceptors (Lipinski definition) is 6. The number of carbonyl (C=O) groups excluding carboxylic acids is 1. The molecule has 0 radical (unpaired) electrons. The third kappa shape index (κ3) is 5.81. The minimum Gasteiger partial charge on any atom is -0.463 e. The molecule has 1 aliphatic rings. The van der Waals surface area contributed by atoms with E-state index in [1.807, 2.05) is 56.3 Å². The summed E-state index contributed by atoms with van der Waals surface area (Å²) < 4.78 is 14.7. The molecule has 1 aliphatic heterocycles. The van der Waals surface area contributed by atoms with E-state index in [1.165, 1.54) is 16.9 Å². The van der Waals surface area contributed by atoms with Crippen LogP contribution in [-0.2, 0) is 9.53 Å². The van der Waals surface area contributed by atoms with E-state index in [0.717, 1.165) is 27.6 Å². The molecule has 3 heterocycles. The molecule has 6 nitrogen and oxygen atoms in total. The second kappa shape index (κ2) is 12.2. The van der Waals surface area contributed by atoms with Crippen molar-refractivity contribution in [1.82, 2.24) is 4.57 Å². The van der Waals surface area contributed by atoms with E-state index >= 15 is 0 Å². The number of ether oxygens (including phenoxy) is 1. The van der Waals surface area contributed by atoms with Gasteiger partial charge in [-0.25, -0.2) is 9.79 Å². The van der Waals surface area contributed by atoms with Crippen LogP contribution in [0.4, 0.5) is 0 Å². The first kappa shape index (κ1) is 29.0. The number of esters is 1. The number of benzene rings is 2. The second-order valence-electron chi connectivity index (χ2n) is 10.4. The zero-order chi connectivity index (χ0) is 29.3. The molecule has 0 fully saturated rings. The van der Waals surface area contributed by atoms with Gasteiger partial charge in [0.05, 0.1) is 28.5 Å². The minimum atomic E-state index is -0.633. The van der Waals surface area contributed by atoms with Crippen LogP contribution in [0.2, 0.25) is 0 Å². The molecule has 0 amide bonds. The van der Waals surface area contributed by atoms with Crippen LogP contribution in [0.3, 0.4) is 0 Å². The maximum absolute atomic E-state index is 14.0. The zero-order valence-corrected chi connectivity index (χ0v) is 26.3. The number of hydrogen-bond donors (Lipinski definition) is 0. The van der Waals surface area contributed by atoms with Gasteiger partial charge in [-0.05, 0) is 67.1 Å². The van der Waals surface area contributed by atoms with E-state index in [-0.39, 0.29) is 12.2 Å². The molecule has 1 atom stereocenters. The molecule has 8 heteroatoms. The van der Waals surface area contributed by atoms with Crippen LogP contribution < -0.4 is 14.9 Å². The summed E-state index contributed by atoms with van der Waals surface area (Å²) in [6.45, 7) is 10.4. The monoisotopic (exact) mass is 632 g/mol. The van der Waals surface area contributed by atoms with Gasteiger partial charge in [0.1, 0.15) is 11.5 Å². The molecule has 4 aromatic rings. The van der Waals surface area contributed by atoms with Gasteiger partial charge in [0.15, 0.2) is 4.80 Å². The maximum Gasteiger partial charge on any atom is 0.338 e. The van der Waals surface area contributed by atoms with Crippen molar-refractivity contribution in [2.75, 3.05) is 6.61 Å². The van der Waals surface area contributed by atoms with E-state index in [4.69, 9.17) is 14.1 Å². The van der Waals surface area contributed by atoms with Crippen molar-refractivity contribution < 1.29 is 13.9 Å². The Morgan fingerprint density at radius 3 is 2.56 bits per heavy atom. The van der Waals surface area contributed by atoms with Crippen molar-refractivity contribution in [2.24, 2.45) is 4.99 Å². The smallest absolute Gasteiger partial charge is 0.338 e. The van der Waals surface area contributed by atoms with E-state index in [1.54, 1.807) is 17.6 Å². The molecule has 2 aromatic heterocycles. The predicted octanol–water partition coefficient (Wildman–Crippen LogP) is 7.03. The Morgan fingerprint density at radius 2 is 1.90 bits per heavy atom. The Kier molecular flexibility index (Phi) is 8.61. The van der Waals surface area contributed by atoms with Crippen LogP contribution in [0, 0.1) is 6.92 Å². The molecule has 5 rings (SSSR count). The lowest BCUT2D eigenvalue weighted by molar-refractivity contribution is -0.139. The highest BCUT2D eigenvalue weighted by Gasteiger charge is 2.34. The van der Waals surface area contributed by atoms with Crippen LogP contribution in [0.15, 0.2) is 84.5 Å². The summed E-state index contributed by atoms with van der Waals surface area (Å²) in [5.74, 6) is 1.19. The molecule has 41 heavy (non-hydrogen) atoms. The van der Waals surface area contributed by atoms with Crippen molar-refractivity contribution in [1.29, 1.82) is 0 Å². The fourth-order valence-electron chi connectivity index (χ4n) is 5.02. The number of thiazole rings is 1. The predicted molar refractivity (Wildman–Crippen MR) is 167 cm³/mol. The summed E-state index contributed by atoms with van der Waals surface area (Å²) in [7, 11) is 0. The first-order valence-corrected chi connectivity index (χ1v) is 15.5.